The largest absolute Gasteiger partial charge is 0.480 e. The van der Waals surface area contributed by atoms with Crippen molar-refractivity contribution in [3.63, 3.8) is 0 Å². The second-order valence-electron chi connectivity index (χ2n) is 3.91. The predicted molar refractivity (Wildman–Crippen MR) is 70.6 cm³/mol. The molecule has 0 aliphatic heterocycles. The molecule has 3 N–H and O–H groups in total. The zero-order chi connectivity index (χ0) is 13.9. The fourth-order valence-corrected chi connectivity index (χ4v) is 3.45. The summed E-state index contributed by atoms with van der Waals surface area (Å²) in [5.74, 6) is -1.11. The third kappa shape index (κ3) is 3.72. The highest BCUT2D eigenvalue weighted by Gasteiger charge is 2.17. The van der Waals surface area contributed by atoms with Gasteiger partial charge in [0, 0.05) is 11.2 Å². The standard InChI is InChI=1S/C11H15NO4S2/c1-17-9-4-3-7(5-8(12)11(13)14)6-10(9)18(2,15)16/h3-4,6,8H,5,12H2,1-2H3,(H,13,14). The van der Waals surface area contributed by atoms with Gasteiger partial charge in [0.1, 0.15) is 6.04 Å². The molecule has 1 aromatic rings. The van der Waals surface area contributed by atoms with Crippen molar-refractivity contribution in [3.05, 3.63) is 23.8 Å². The number of nitrogens with two attached hydrogens (primary N) is 1. The molecule has 1 aromatic carbocycles. The SMILES string of the molecule is CSc1ccc(CC(N)C(=O)O)cc1S(C)(=O)=O. The zero-order valence-electron chi connectivity index (χ0n) is 10.1. The molecule has 0 bridgehead atoms. The van der Waals surface area contributed by atoms with E-state index in [0.717, 1.165) is 6.26 Å². The van der Waals surface area contributed by atoms with Crippen molar-refractivity contribution in [1.29, 1.82) is 0 Å². The Morgan fingerprint density at radius 2 is 2.11 bits per heavy atom. The van der Waals surface area contributed by atoms with Gasteiger partial charge >= 0.3 is 5.97 Å². The molecule has 0 aromatic heterocycles. The minimum atomic E-state index is -3.33. The lowest BCUT2D eigenvalue weighted by atomic mass is 10.1. The number of thioether (sulfide) groups is 1. The van der Waals surface area contributed by atoms with Crippen molar-refractivity contribution < 1.29 is 18.3 Å². The van der Waals surface area contributed by atoms with E-state index in [9.17, 15) is 13.2 Å². The van der Waals surface area contributed by atoms with Gasteiger partial charge in [-0.3, -0.25) is 4.79 Å². The Hall–Kier alpha value is -1.05. The first-order chi connectivity index (χ1) is 8.25. The molecule has 100 valence electrons. The maximum absolute atomic E-state index is 11.6. The molecule has 7 heteroatoms. The van der Waals surface area contributed by atoms with Crippen molar-refractivity contribution >= 4 is 27.6 Å². The summed E-state index contributed by atoms with van der Waals surface area (Å²) in [6.45, 7) is 0. The van der Waals surface area contributed by atoms with Gasteiger partial charge in [0.25, 0.3) is 0 Å². The van der Waals surface area contributed by atoms with Crippen LogP contribution in [0.1, 0.15) is 5.56 Å². The van der Waals surface area contributed by atoms with E-state index < -0.39 is 21.8 Å². The van der Waals surface area contributed by atoms with Crippen LogP contribution in [0.25, 0.3) is 0 Å². The molecule has 18 heavy (non-hydrogen) atoms. The summed E-state index contributed by atoms with van der Waals surface area (Å²) >= 11 is 1.33. The van der Waals surface area contributed by atoms with E-state index in [2.05, 4.69) is 0 Å². The van der Waals surface area contributed by atoms with Crippen LogP contribution in [-0.2, 0) is 21.1 Å². The third-order valence-electron chi connectivity index (χ3n) is 2.40. The molecule has 0 aliphatic rings. The average molecular weight is 289 g/mol. The van der Waals surface area contributed by atoms with Gasteiger partial charge in [0.15, 0.2) is 9.84 Å². The molecule has 0 radical (unpaired) electrons. The molecule has 1 rings (SSSR count). The molecule has 0 spiro atoms. The van der Waals surface area contributed by atoms with Crippen LogP contribution >= 0.6 is 11.8 Å². The molecule has 0 heterocycles. The van der Waals surface area contributed by atoms with Gasteiger partial charge < -0.3 is 10.8 Å². The summed E-state index contributed by atoms with van der Waals surface area (Å²) in [5, 5.41) is 8.73. The van der Waals surface area contributed by atoms with Gasteiger partial charge in [-0.05, 0) is 30.4 Å². The number of carboxylic acid groups (broad SMARTS) is 1. The maximum Gasteiger partial charge on any atom is 0.320 e. The topological polar surface area (TPSA) is 97.5 Å². The molecule has 1 atom stereocenters. The Morgan fingerprint density at radius 3 is 2.56 bits per heavy atom. The summed E-state index contributed by atoms with van der Waals surface area (Å²) in [5.41, 5.74) is 6.02. The van der Waals surface area contributed by atoms with Crippen LogP contribution in [0.4, 0.5) is 0 Å². The second kappa shape index (κ2) is 5.73. The average Bonchev–Trinajstić information content (AvgIpc) is 2.27. The van der Waals surface area contributed by atoms with Gasteiger partial charge in [0.05, 0.1) is 4.90 Å². The Labute approximate surface area is 110 Å². The lowest BCUT2D eigenvalue weighted by Crippen LogP contribution is -2.32. The molecule has 1 unspecified atom stereocenters. The molecular formula is C11H15NO4S2. The van der Waals surface area contributed by atoms with E-state index in [1.807, 2.05) is 0 Å². The fraction of sp³-hybridized carbons (Fsp3) is 0.364. The lowest BCUT2D eigenvalue weighted by molar-refractivity contribution is -0.138. The predicted octanol–water partition coefficient (Wildman–Crippen LogP) is 0.766. The van der Waals surface area contributed by atoms with E-state index in [4.69, 9.17) is 10.8 Å². The van der Waals surface area contributed by atoms with Crippen LogP contribution in [0, 0.1) is 0 Å². The van der Waals surface area contributed by atoms with Crippen molar-refractivity contribution in [2.24, 2.45) is 5.73 Å². The summed E-state index contributed by atoms with van der Waals surface area (Å²) < 4.78 is 23.2. The van der Waals surface area contributed by atoms with E-state index in [-0.39, 0.29) is 11.3 Å². The van der Waals surface area contributed by atoms with Crippen LogP contribution in [0.5, 0.6) is 0 Å². The molecular weight excluding hydrogens is 274 g/mol. The van der Waals surface area contributed by atoms with E-state index in [1.165, 1.54) is 17.8 Å². The van der Waals surface area contributed by atoms with E-state index >= 15 is 0 Å². The van der Waals surface area contributed by atoms with Crippen molar-refractivity contribution in [2.75, 3.05) is 12.5 Å². The van der Waals surface area contributed by atoms with Crippen LogP contribution < -0.4 is 5.73 Å². The molecule has 5 nitrogen and oxygen atoms in total. The maximum atomic E-state index is 11.6. The summed E-state index contributed by atoms with van der Waals surface area (Å²) in [6, 6.07) is 3.83. The fourth-order valence-electron chi connectivity index (χ4n) is 1.48. The monoisotopic (exact) mass is 289 g/mol. The number of benzene rings is 1. The first-order valence-electron chi connectivity index (χ1n) is 5.11. The van der Waals surface area contributed by atoms with Gasteiger partial charge in [-0.1, -0.05) is 6.07 Å². The second-order valence-corrected chi connectivity index (χ2v) is 6.74. The number of aliphatic carboxylic acids is 1. The third-order valence-corrected chi connectivity index (χ3v) is 4.46. The van der Waals surface area contributed by atoms with E-state index in [0.29, 0.717) is 10.5 Å². The van der Waals surface area contributed by atoms with E-state index in [1.54, 1.807) is 18.4 Å². The Kier molecular flexibility index (Phi) is 4.78. The summed E-state index contributed by atoms with van der Waals surface area (Å²) in [7, 11) is -3.33. The first kappa shape index (κ1) is 15.0. The highest BCUT2D eigenvalue weighted by atomic mass is 32.2. The number of hydrogen-bond acceptors (Lipinski definition) is 5. The number of hydrogen-bond donors (Lipinski definition) is 2. The van der Waals surface area contributed by atoms with Crippen molar-refractivity contribution in [3.8, 4) is 0 Å². The zero-order valence-corrected chi connectivity index (χ0v) is 11.7. The molecule has 0 amide bonds. The van der Waals surface area contributed by atoms with Gasteiger partial charge in [0.2, 0.25) is 0 Å². The lowest BCUT2D eigenvalue weighted by Gasteiger charge is -2.10. The molecule has 0 fully saturated rings. The highest BCUT2D eigenvalue weighted by molar-refractivity contribution is 7.99. The first-order valence-corrected chi connectivity index (χ1v) is 8.22. The number of rotatable bonds is 5. The van der Waals surface area contributed by atoms with Crippen molar-refractivity contribution in [2.45, 2.75) is 22.3 Å². The summed E-state index contributed by atoms with van der Waals surface area (Å²) in [4.78, 5) is 11.5. The molecule has 0 aliphatic carbocycles. The van der Waals surface area contributed by atoms with Crippen LogP contribution in [0.3, 0.4) is 0 Å². The summed E-state index contributed by atoms with van der Waals surface area (Å²) in [6.07, 6.45) is 3.02. The number of carboxylic acids is 1. The molecule has 0 saturated carbocycles. The Bertz CT molecular complexity index is 554. The smallest absolute Gasteiger partial charge is 0.320 e. The normalized spacial score (nSPS) is 13.3. The van der Waals surface area contributed by atoms with Gasteiger partial charge in [-0.25, -0.2) is 8.42 Å². The van der Waals surface area contributed by atoms with Crippen LogP contribution in [-0.4, -0.2) is 38.0 Å². The van der Waals surface area contributed by atoms with Crippen LogP contribution in [0.15, 0.2) is 28.0 Å². The van der Waals surface area contributed by atoms with Gasteiger partial charge in [-0.2, -0.15) is 0 Å². The number of carbonyl (C=O) groups is 1. The Morgan fingerprint density at radius 1 is 1.50 bits per heavy atom. The van der Waals surface area contributed by atoms with Crippen LogP contribution in [0.2, 0.25) is 0 Å². The Balaban J connectivity index is 3.15. The minimum absolute atomic E-state index is 0.104. The highest BCUT2D eigenvalue weighted by Crippen LogP contribution is 2.26. The molecule has 0 saturated heterocycles. The minimum Gasteiger partial charge on any atom is -0.480 e. The van der Waals surface area contributed by atoms with Gasteiger partial charge in [-0.15, -0.1) is 11.8 Å². The number of sulfone groups is 1. The quantitative estimate of drug-likeness (QED) is 0.777. The van der Waals surface area contributed by atoms with Crippen molar-refractivity contribution in [1.82, 2.24) is 0 Å².